The number of rotatable bonds is 0. The SMILES string of the molecule is Oc1cc2c(c(O)c1O)C=C1C=CC=CC1N2. The number of anilines is 1. The lowest BCUT2D eigenvalue weighted by molar-refractivity contribution is 0.367. The molecule has 3 rings (SSSR count). The number of benzene rings is 1. The van der Waals surface area contributed by atoms with Gasteiger partial charge < -0.3 is 20.6 Å². The summed E-state index contributed by atoms with van der Waals surface area (Å²) in [6, 6.07) is 1.44. The maximum absolute atomic E-state index is 9.78. The molecule has 0 saturated carbocycles. The van der Waals surface area contributed by atoms with Crippen molar-refractivity contribution in [1.82, 2.24) is 0 Å². The Hall–Kier alpha value is -2.36. The maximum Gasteiger partial charge on any atom is 0.201 e. The summed E-state index contributed by atoms with van der Waals surface area (Å²) >= 11 is 0. The molecular formula is C13H11NO3. The predicted octanol–water partition coefficient (Wildman–Crippen LogP) is 2.11. The Morgan fingerprint density at radius 1 is 1.06 bits per heavy atom. The number of hydrogen-bond acceptors (Lipinski definition) is 4. The van der Waals surface area contributed by atoms with Gasteiger partial charge in [-0.05, 0) is 11.6 Å². The predicted molar refractivity (Wildman–Crippen MR) is 65.1 cm³/mol. The van der Waals surface area contributed by atoms with Crippen LogP contribution in [0.2, 0.25) is 0 Å². The van der Waals surface area contributed by atoms with Gasteiger partial charge >= 0.3 is 0 Å². The molecule has 4 nitrogen and oxygen atoms in total. The number of nitrogens with one attached hydrogen (secondary N) is 1. The fourth-order valence-electron chi connectivity index (χ4n) is 2.09. The zero-order chi connectivity index (χ0) is 12.0. The van der Waals surface area contributed by atoms with E-state index in [1.165, 1.54) is 6.07 Å². The van der Waals surface area contributed by atoms with Crippen molar-refractivity contribution in [2.75, 3.05) is 5.32 Å². The van der Waals surface area contributed by atoms with Crippen molar-refractivity contribution in [3.63, 3.8) is 0 Å². The Morgan fingerprint density at radius 3 is 2.71 bits per heavy atom. The van der Waals surface area contributed by atoms with Gasteiger partial charge in [-0.1, -0.05) is 24.3 Å². The zero-order valence-corrected chi connectivity index (χ0v) is 8.88. The van der Waals surface area contributed by atoms with E-state index in [9.17, 15) is 15.3 Å². The maximum atomic E-state index is 9.78. The van der Waals surface area contributed by atoms with Crippen LogP contribution in [0.3, 0.4) is 0 Å². The van der Waals surface area contributed by atoms with Crippen molar-refractivity contribution >= 4 is 11.8 Å². The van der Waals surface area contributed by atoms with Gasteiger partial charge in [-0.2, -0.15) is 0 Å². The molecule has 1 aromatic carbocycles. The number of fused-ring (bicyclic) bond motifs is 2. The molecule has 1 unspecified atom stereocenters. The molecule has 1 heterocycles. The smallest absolute Gasteiger partial charge is 0.201 e. The second-order valence-electron chi connectivity index (χ2n) is 4.06. The van der Waals surface area contributed by atoms with Gasteiger partial charge in [0, 0.05) is 17.3 Å². The lowest BCUT2D eigenvalue weighted by Gasteiger charge is -2.26. The van der Waals surface area contributed by atoms with E-state index in [2.05, 4.69) is 5.32 Å². The van der Waals surface area contributed by atoms with Crippen LogP contribution in [0.25, 0.3) is 6.08 Å². The summed E-state index contributed by atoms with van der Waals surface area (Å²) in [5, 5.41) is 31.9. The van der Waals surface area contributed by atoms with Crippen molar-refractivity contribution in [3.05, 3.63) is 41.5 Å². The minimum absolute atomic E-state index is 0.0378. The molecule has 0 radical (unpaired) electrons. The highest BCUT2D eigenvalue weighted by Gasteiger charge is 2.23. The summed E-state index contributed by atoms with van der Waals surface area (Å²) in [5.41, 5.74) is 2.10. The summed E-state index contributed by atoms with van der Waals surface area (Å²) in [4.78, 5) is 0. The minimum Gasteiger partial charge on any atom is -0.504 e. The molecule has 86 valence electrons. The second-order valence-corrected chi connectivity index (χ2v) is 4.06. The number of hydrogen-bond donors (Lipinski definition) is 4. The van der Waals surface area contributed by atoms with Crippen molar-refractivity contribution in [2.24, 2.45) is 0 Å². The molecular weight excluding hydrogens is 218 g/mol. The highest BCUT2D eigenvalue weighted by atomic mass is 16.3. The molecule has 0 fully saturated rings. The second kappa shape index (κ2) is 3.31. The lowest BCUT2D eigenvalue weighted by Crippen LogP contribution is -2.23. The Kier molecular flexibility index (Phi) is 1.92. The van der Waals surface area contributed by atoms with Crippen LogP contribution in [0, 0.1) is 0 Å². The first kappa shape index (κ1) is 9.84. The van der Waals surface area contributed by atoms with Gasteiger partial charge in [-0.25, -0.2) is 0 Å². The molecule has 0 aromatic heterocycles. The summed E-state index contributed by atoms with van der Waals surface area (Å²) in [6.45, 7) is 0. The van der Waals surface area contributed by atoms with Gasteiger partial charge in [0.1, 0.15) is 0 Å². The molecule has 2 aliphatic rings. The number of phenolic OH excluding ortho intramolecular Hbond substituents is 3. The van der Waals surface area contributed by atoms with E-state index in [0.29, 0.717) is 11.3 Å². The van der Waals surface area contributed by atoms with Gasteiger partial charge in [0.2, 0.25) is 5.75 Å². The highest BCUT2D eigenvalue weighted by Crippen LogP contribution is 2.45. The molecule has 4 N–H and O–H groups in total. The van der Waals surface area contributed by atoms with Gasteiger partial charge in [0.15, 0.2) is 11.5 Å². The zero-order valence-electron chi connectivity index (χ0n) is 8.88. The number of aromatic hydroxyl groups is 3. The van der Waals surface area contributed by atoms with E-state index in [4.69, 9.17) is 0 Å². The van der Waals surface area contributed by atoms with E-state index < -0.39 is 5.75 Å². The van der Waals surface area contributed by atoms with Crippen LogP contribution >= 0.6 is 0 Å². The molecule has 4 heteroatoms. The van der Waals surface area contributed by atoms with E-state index >= 15 is 0 Å². The highest BCUT2D eigenvalue weighted by molar-refractivity contribution is 5.83. The first-order chi connectivity index (χ1) is 8.16. The van der Waals surface area contributed by atoms with E-state index in [1.807, 2.05) is 24.3 Å². The summed E-state index contributed by atoms with van der Waals surface area (Å²) in [5.74, 6) is -1.13. The molecule has 1 aliphatic heterocycles. The van der Waals surface area contributed by atoms with Crippen LogP contribution in [-0.2, 0) is 0 Å². The van der Waals surface area contributed by atoms with E-state index in [-0.39, 0.29) is 17.5 Å². The third-order valence-electron chi connectivity index (χ3n) is 2.98. The van der Waals surface area contributed by atoms with Gasteiger partial charge in [-0.3, -0.25) is 0 Å². The van der Waals surface area contributed by atoms with Gasteiger partial charge in [0.25, 0.3) is 0 Å². The third-order valence-corrected chi connectivity index (χ3v) is 2.98. The van der Waals surface area contributed by atoms with Crippen LogP contribution in [0.1, 0.15) is 5.56 Å². The number of allylic oxidation sites excluding steroid dienone is 2. The van der Waals surface area contributed by atoms with Crippen LogP contribution in [0.4, 0.5) is 5.69 Å². The van der Waals surface area contributed by atoms with Crippen LogP contribution in [-0.4, -0.2) is 21.4 Å². The molecule has 17 heavy (non-hydrogen) atoms. The summed E-state index contributed by atoms with van der Waals surface area (Å²) in [7, 11) is 0. The lowest BCUT2D eigenvalue weighted by atomic mass is 9.93. The van der Waals surface area contributed by atoms with Gasteiger partial charge in [0.05, 0.1) is 6.04 Å². The normalized spacial score (nSPS) is 20.2. The van der Waals surface area contributed by atoms with Gasteiger partial charge in [-0.15, -0.1) is 0 Å². The van der Waals surface area contributed by atoms with Crippen LogP contribution in [0.15, 0.2) is 35.9 Å². The monoisotopic (exact) mass is 229 g/mol. The fraction of sp³-hybridized carbons (Fsp3) is 0.0769. The van der Waals surface area contributed by atoms with Crippen molar-refractivity contribution in [3.8, 4) is 17.2 Å². The first-order valence-electron chi connectivity index (χ1n) is 5.27. The standard InChI is InChI=1S/C13H11NO3/c15-11-6-10-8(12(16)13(11)17)5-7-3-1-2-4-9(7)14-10/h1-6,9,14-17H. The molecule has 0 bridgehead atoms. The first-order valence-corrected chi connectivity index (χ1v) is 5.27. The van der Waals surface area contributed by atoms with E-state index in [1.54, 1.807) is 6.08 Å². The fourth-order valence-corrected chi connectivity index (χ4v) is 2.09. The number of phenols is 3. The van der Waals surface area contributed by atoms with Crippen molar-refractivity contribution < 1.29 is 15.3 Å². The average Bonchev–Trinajstić information content (AvgIpc) is 2.34. The van der Waals surface area contributed by atoms with Crippen molar-refractivity contribution in [2.45, 2.75) is 6.04 Å². The molecule has 1 atom stereocenters. The summed E-state index contributed by atoms with van der Waals surface area (Å²) in [6.07, 6.45) is 9.55. The average molecular weight is 229 g/mol. The molecule has 1 aromatic rings. The quantitative estimate of drug-likeness (QED) is 0.406. The van der Waals surface area contributed by atoms with Crippen LogP contribution < -0.4 is 5.32 Å². The van der Waals surface area contributed by atoms with E-state index in [0.717, 1.165) is 5.57 Å². The Morgan fingerprint density at radius 2 is 1.88 bits per heavy atom. The molecule has 0 amide bonds. The minimum atomic E-state index is -0.490. The molecule has 1 aliphatic carbocycles. The molecule has 0 saturated heterocycles. The van der Waals surface area contributed by atoms with Crippen LogP contribution in [0.5, 0.6) is 17.2 Å². The summed E-state index contributed by atoms with van der Waals surface area (Å²) < 4.78 is 0. The Labute approximate surface area is 97.8 Å². The third kappa shape index (κ3) is 1.38. The topological polar surface area (TPSA) is 72.7 Å². The Bertz CT molecular complexity index is 585. The van der Waals surface area contributed by atoms with Crippen molar-refractivity contribution in [1.29, 1.82) is 0 Å². The Balaban J connectivity index is 2.21. The largest absolute Gasteiger partial charge is 0.504 e. The molecule has 0 spiro atoms.